The first-order chi connectivity index (χ1) is 10.7. The van der Waals surface area contributed by atoms with Crippen LogP contribution in [0.2, 0.25) is 0 Å². The number of nitrogens with zero attached hydrogens (tertiary/aromatic N) is 1. The molecule has 0 aromatic heterocycles. The molecule has 0 radical (unpaired) electrons. The van der Waals surface area contributed by atoms with E-state index in [-0.39, 0.29) is 0 Å². The van der Waals surface area contributed by atoms with Gasteiger partial charge in [-0.1, -0.05) is 32.1 Å². The molecule has 5 heteroatoms. The number of methoxy groups -OCH3 is 1. The number of hydrogen-bond donors (Lipinski definition) is 2. The zero-order valence-electron chi connectivity index (χ0n) is 13.5. The number of hydrogen-bond acceptors (Lipinski definition) is 4. The van der Waals surface area contributed by atoms with E-state index in [4.69, 9.17) is 15.6 Å². The third-order valence-corrected chi connectivity index (χ3v) is 2.72. The molecule has 3 N–H and O–H groups in total. The number of benzene rings is 1. The summed E-state index contributed by atoms with van der Waals surface area (Å²) in [6.45, 7) is 4.47. The van der Waals surface area contributed by atoms with Gasteiger partial charge in [0.2, 0.25) is 0 Å². The maximum Gasteiger partial charge on any atom is 0.328 e. The SMILES string of the molecule is CC.COc1ccc(/C=C/C=NC(CCCN)C(=O)O)cc1. The van der Waals surface area contributed by atoms with E-state index >= 15 is 0 Å². The summed E-state index contributed by atoms with van der Waals surface area (Å²) in [4.78, 5) is 15.0. The third-order valence-electron chi connectivity index (χ3n) is 2.72. The highest BCUT2D eigenvalue weighted by molar-refractivity contribution is 5.82. The number of nitrogens with two attached hydrogens (primary N) is 1. The van der Waals surface area contributed by atoms with E-state index in [9.17, 15) is 4.79 Å². The summed E-state index contributed by atoms with van der Waals surface area (Å²) < 4.78 is 5.06. The lowest BCUT2D eigenvalue weighted by atomic mass is 10.1. The van der Waals surface area contributed by atoms with Gasteiger partial charge in [-0.25, -0.2) is 4.79 Å². The van der Waals surface area contributed by atoms with Crippen LogP contribution in [0.25, 0.3) is 6.08 Å². The van der Waals surface area contributed by atoms with Gasteiger partial charge in [0.1, 0.15) is 11.8 Å². The maximum atomic E-state index is 10.9. The van der Waals surface area contributed by atoms with Gasteiger partial charge >= 0.3 is 5.97 Å². The third kappa shape index (κ3) is 8.21. The average molecular weight is 306 g/mol. The summed E-state index contributed by atoms with van der Waals surface area (Å²) in [5.74, 6) is -0.129. The number of carboxylic acids is 1. The van der Waals surface area contributed by atoms with Crippen molar-refractivity contribution in [1.29, 1.82) is 0 Å². The molecule has 122 valence electrons. The Balaban J connectivity index is 0.00000211. The van der Waals surface area contributed by atoms with Gasteiger partial charge in [0.15, 0.2) is 0 Å². The molecule has 5 nitrogen and oxygen atoms in total. The van der Waals surface area contributed by atoms with Crippen molar-refractivity contribution < 1.29 is 14.6 Å². The van der Waals surface area contributed by atoms with E-state index in [2.05, 4.69) is 4.99 Å². The number of aliphatic imine (C=N–C) groups is 1. The Morgan fingerprint density at radius 2 is 2.00 bits per heavy atom. The highest BCUT2D eigenvalue weighted by atomic mass is 16.5. The molecule has 22 heavy (non-hydrogen) atoms. The topological polar surface area (TPSA) is 84.9 Å². The second-order valence-corrected chi connectivity index (χ2v) is 4.22. The first kappa shape index (κ1) is 19.9. The van der Waals surface area contributed by atoms with Crippen molar-refractivity contribution in [3.05, 3.63) is 35.9 Å². The van der Waals surface area contributed by atoms with Crippen LogP contribution in [-0.2, 0) is 4.79 Å². The minimum absolute atomic E-state index is 0.457. The van der Waals surface area contributed by atoms with Gasteiger partial charge in [0.25, 0.3) is 0 Å². The van der Waals surface area contributed by atoms with E-state index in [1.54, 1.807) is 13.2 Å². The molecule has 0 saturated carbocycles. The van der Waals surface area contributed by atoms with Crippen LogP contribution in [0.15, 0.2) is 35.3 Å². The zero-order chi connectivity index (χ0) is 16.8. The van der Waals surface area contributed by atoms with E-state index in [0.717, 1.165) is 11.3 Å². The van der Waals surface area contributed by atoms with Gasteiger partial charge in [0, 0.05) is 6.21 Å². The summed E-state index contributed by atoms with van der Waals surface area (Å²) in [6.07, 6.45) is 6.19. The van der Waals surface area contributed by atoms with Crippen molar-refractivity contribution in [3.8, 4) is 5.75 Å². The molecular formula is C17H26N2O3. The Morgan fingerprint density at radius 1 is 1.36 bits per heavy atom. The smallest absolute Gasteiger partial charge is 0.328 e. The number of carbonyl (C=O) groups is 1. The van der Waals surface area contributed by atoms with Gasteiger partial charge in [-0.2, -0.15) is 0 Å². The lowest BCUT2D eigenvalue weighted by Gasteiger charge is -2.04. The predicted octanol–water partition coefficient (Wildman–Crippen LogP) is 3.00. The maximum absolute atomic E-state index is 10.9. The first-order valence-corrected chi connectivity index (χ1v) is 7.44. The number of aliphatic carboxylic acids is 1. The fourth-order valence-corrected chi connectivity index (χ4v) is 1.60. The van der Waals surface area contributed by atoms with Crippen molar-refractivity contribution in [2.45, 2.75) is 32.7 Å². The molecule has 0 saturated heterocycles. The van der Waals surface area contributed by atoms with Crippen molar-refractivity contribution in [1.82, 2.24) is 0 Å². The van der Waals surface area contributed by atoms with Crippen LogP contribution >= 0.6 is 0 Å². The second kappa shape index (κ2) is 12.6. The number of ether oxygens (including phenoxy) is 1. The average Bonchev–Trinajstić information content (AvgIpc) is 2.56. The minimum Gasteiger partial charge on any atom is -0.497 e. The lowest BCUT2D eigenvalue weighted by molar-refractivity contribution is -0.138. The lowest BCUT2D eigenvalue weighted by Crippen LogP contribution is -2.19. The Labute approximate surface area is 132 Å². The summed E-state index contributed by atoms with van der Waals surface area (Å²) in [5.41, 5.74) is 6.35. The molecule has 1 atom stereocenters. The highest BCUT2D eigenvalue weighted by Crippen LogP contribution is 2.12. The first-order valence-electron chi connectivity index (χ1n) is 7.44. The molecule has 1 unspecified atom stereocenters. The Bertz CT molecular complexity index is 467. The number of allylic oxidation sites excluding steroid dienone is 1. The normalized spacial score (nSPS) is 12.0. The van der Waals surface area contributed by atoms with Crippen molar-refractivity contribution in [3.63, 3.8) is 0 Å². The molecule has 0 aliphatic rings. The Morgan fingerprint density at radius 3 is 2.50 bits per heavy atom. The van der Waals surface area contributed by atoms with Crippen LogP contribution < -0.4 is 10.5 Å². The molecule has 0 aliphatic carbocycles. The number of carboxylic acid groups (broad SMARTS) is 1. The molecule has 0 bridgehead atoms. The minimum atomic E-state index is -0.924. The fourth-order valence-electron chi connectivity index (χ4n) is 1.60. The monoisotopic (exact) mass is 306 g/mol. The predicted molar refractivity (Wildman–Crippen MR) is 91.6 cm³/mol. The van der Waals surface area contributed by atoms with Crippen LogP contribution in [0, 0.1) is 0 Å². The quantitative estimate of drug-likeness (QED) is 0.723. The zero-order valence-corrected chi connectivity index (χ0v) is 13.5. The van der Waals surface area contributed by atoms with E-state index < -0.39 is 12.0 Å². The van der Waals surface area contributed by atoms with Gasteiger partial charge < -0.3 is 15.6 Å². The van der Waals surface area contributed by atoms with E-state index in [1.807, 2.05) is 44.2 Å². The summed E-state index contributed by atoms with van der Waals surface area (Å²) >= 11 is 0. The van der Waals surface area contributed by atoms with Gasteiger partial charge in [-0.15, -0.1) is 0 Å². The van der Waals surface area contributed by atoms with Crippen LogP contribution in [0.5, 0.6) is 5.75 Å². The van der Waals surface area contributed by atoms with Crippen LogP contribution in [0.1, 0.15) is 32.3 Å². The standard InChI is InChI=1S/C15H20N2O3.C2H6/c1-20-13-8-6-12(7-9-13)4-3-11-17-14(15(18)19)5-2-10-16;1-2/h3-4,6-9,11,14H,2,5,10,16H2,1H3,(H,18,19);1-2H3/b4-3+,17-11?;. The Kier molecular flexibility index (Phi) is 11.4. The van der Waals surface area contributed by atoms with E-state index in [1.165, 1.54) is 6.21 Å². The van der Waals surface area contributed by atoms with E-state index in [0.29, 0.717) is 19.4 Å². The van der Waals surface area contributed by atoms with Gasteiger partial charge in [0.05, 0.1) is 7.11 Å². The molecule has 1 aromatic carbocycles. The molecule has 1 rings (SSSR count). The summed E-state index contributed by atoms with van der Waals surface area (Å²) in [6, 6.07) is 6.81. The molecule has 0 aliphatic heterocycles. The summed E-state index contributed by atoms with van der Waals surface area (Å²) in [7, 11) is 1.62. The number of rotatable bonds is 8. The van der Waals surface area contributed by atoms with Crippen molar-refractivity contribution in [2.75, 3.05) is 13.7 Å². The molecular weight excluding hydrogens is 280 g/mol. The molecule has 0 amide bonds. The Hall–Kier alpha value is -2.14. The second-order valence-electron chi connectivity index (χ2n) is 4.22. The van der Waals surface area contributed by atoms with Crippen molar-refractivity contribution >= 4 is 18.3 Å². The molecule has 0 fully saturated rings. The highest BCUT2D eigenvalue weighted by Gasteiger charge is 2.13. The van der Waals surface area contributed by atoms with Gasteiger partial charge in [-0.05, 0) is 43.2 Å². The molecule has 0 spiro atoms. The largest absolute Gasteiger partial charge is 0.497 e. The van der Waals surface area contributed by atoms with Crippen molar-refractivity contribution in [2.24, 2.45) is 10.7 Å². The fraction of sp³-hybridized carbons (Fsp3) is 0.412. The summed E-state index contributed by atoms with van der Waals surface area (Å²) in [5, 5.41) is 8.98. The molecule has 1 aromatic rings. The molecule has 0 heterocycles. The van der Waals surface area contributed by atoms with Crippen LogP contribution in [0.4, 0.5) is 0 Å². The van der Waals surface area contributed by atoms with Gasteiger partial charge in [-0.3, -0.25) is 4.99 Å². The van der Waals surface area contributed by atoms with Crippen LogP contribution in [-0.4, -0.2) is 37.0 Å². The van der Waals surface area contributed by atoms with Crippen LogP contribution in [0.3, 0.4) is 0 Å².